The molecule has 38 heavy (non-hydrogen) atoms. The van der Waals surface area contributed by atoms with Crippen molar-refractivity contribution in [3.63, 3.8) is 0 Å². The van der Waals surface area contributed by atoms with Gasteiger partial charge in [0.25, 0.3) is 5.91 Å². The molecule has 0 spiro atoms. The van der Waals surface area contributed by atoms with Crippen molar-refractivity contribution >= 4 is 35.5 Å². The molecule has 2 N–H and O–H groups in total. The van der Waals surface area contributed by atoms with Gasteiger partial charge in [-0.15, -0.1) is 0 Å². The van der Waals surface area contributed by atoms with Crippen LogP contribution in [0.25, 0.3) is 0 Å². The summed E-state index contributed by atoms with van der Waals surface area (Å²) in [7, 11) is 3.26. The van der Waals surface area contributed by atoms with Gasteiger partial charge < -0.3 is 19.7 Å². The number of aldehydes is 1. The Morgan fingerprint density at radius 2 is 2.21 bits per heavy atom. The summed E-state index contributed by atoms with van der Waals surface area (Å²) in [4.78, 5) is 49.6. The summed E-state index contributed by atoms with van der Waals surface area (Å²) < 4.78 is 10.5. The molecule has 2 aliphatic rings. The smallest absolute Gasteiger partial charge is 0.328 e. The van der Waals surface area contributed by atoms with Crippen molar-refractivity contribution in [2.75, 3.05) is 56.0 Å². The van der Waals surface area contributed by atoms with E-state index >= 15 is 0 Å². The molecule has 2 aromatic heterocycles. The van der Waals surface area contributed by atoms with Crippen LogP contribution in [0.15, 0.2) is 18.3 Å². The second kappa shape index (κ2) is 12.4. The highest BCUT2D eigenvalue weighted by atomic mass is 16.5. The van der Waals surface area contributed by atoms with Crippen LogP contribution < -0.4 is 15.5 Å². The van der Waals surface area contributed by atoms with Crippen molar-refractivity contribution in [3.05, 3.63) is 40.7 Å². The number of rotatable bonds is 9. The molecule has 200 valence electrons. The largest absolute Gasteiger partial charge is 0.383 e. The lowest BCUT2D eigenvalue weighted by Gasteiger charge is -2.29. The van der Waals surface area contributed by atoms with Crippen LogP contribution in [0.2, 0.25) is 0 Å². The molecule has 0 aliphatic carbocycles. The average molecular weight is 522 g/mol. The quantitative estimate of drug-likeness (QED) is 0.374. The van der Waals surface area contributed by atoms with Crippen LogP contribution in [0, 0.1) is 11.3 Å². The molecule has 2 aliphatic heterocycles. The molecule has 0 radical (unpaired) electrons. The first-order chi connectivity index (χ1) is 18.4. The predicted octanol–water partition coefficient (Wildman–Crippen LogP) is 2.34. The number of ether oxygens (including phenoxy) is 2. The van der Waals surface area contributed by atoms with Gasteiger partial charge in [-0.2, -0.15) is 5.26 Å². The van der Waals surface area contributed by atoms with Gasteiger partial charge in [0.1, 0.15) is 29.5 Å². The number of carbonyl (C=O) groups is 3. The third kappa shape index (κ3) is 6.07. The monoisotopic (exact) mass is 521 g/mol. The molecule has 1 unspecified atom stereocenters. The molecule has 4 rings (SSSR count). The Morgan fingerprint density at radius 1 is 1.37 bits per heavy atom. The molecule has 0 saturated carbocycles. The van der Waals surface area contributed by atoms with E-state index in [1.54, 1.807) is 25.1 Å². The number of fused-ring (bicyclic) bond motifs is 1. The minimum absolute atomic E-state index is 0.121. The second-order valence-corrected chi connectivity index (χ2v) is 9.16. The first-order valence-corrected chi connectivity index (χ1v) is 12.5. The van der Waals surface area contributed by atoms with Crippen molar-refractivity contribution in [1.82, 2.24) is 14.9 Å². The third-order valence-corrected chi connectivity index (χ3v) is 6.50. The summed E-state index contributed by atoms with van der Waals surface area (Å²) in [5.74, 6) is 0.548. The highest BCUT2D eigenvalue weighted by molar-refractivity contribution is 6.02. The van der Waals surface area contributed by atoms with Crippen molar-refractivity contribution in [2.24, 2.45) is 0 Å². The number of likely N-dealkylation sites (N-methyl/N-ethyl adjacent to an activating group) is 1. The van der Waals surface area contributed by atoms with Crippen LogP contribution in [0.4, 0.5) is 22.1 Å². The van der Waals surface area contributed by atoms with E-state index in [4.69, 9.17) is 9.47 Å². The molecule has 12 heteroatoms. The summed E-state index contributed by atoms with van der Waals surface area (Å²) in [5, 5.41) is 15.2. The lowest BCUT2D eigenvalue weighted by molar-refractivity contribution is -0.140. The molecular formula is C26H31N7O5. The maximum atomic E-state index is 13.2. The highest BCUT2D eigenvalue weighted by Gasteiger charge is 2.29. The van der Waals surface area contributed by atoms with Gasteiger partial charge in [-0.05, 0) is 37.3 Å². The van der Waals surface area contributed by atoms with Crippen molar-refractivity contribution in [3.8, 4) is 6.07 Å². The predicted molar refractivity (Wildman–Crippen MR) is 139 cm³/mol. The van der Waals surface area contributed by atoms with E-state index in [1.165, 1.54) is 11.1 Å². The van der Waals surface area contributed by atoms with Gasteiger partial charge in [-0.1, -0.05) is 0 Å². The summed E-state index contributed by atoms with van der Waals surface area (Å²) in [6, 6.07) is 5.06. The fourth-order valence-corrected chi connectivity index (χ4v) is 4.56. The number of hydrogen-bond acceptors (Lipinski definition) is 9. The molecular weight excluding hydrogens is 490 g/mol. The van der Waals surface area contributed by atoms with E-state index in [0.717, 1.165) is 12.0 Å². The van der Waals surface area contributed by atoms with E-state index in [1.807, 2.05) is 6.07 Å². The molecule has 4 heterocycles. The van der Waals surface area contributed by atoms with Crippen LogP contribution in [-0.4, -0.2) is 79.7 Å². The van der Waals surface area contributed by atoms with Crippen LogP contribution >= 0.6 is 0 Å². The number of nitriles is 1. The summed E-state index contributed by atoms with van der Waals surface area (Å²) in [6.07, 6.45) is 4.52. The Morgan fingerprint density at radius 3 is 2.92 bits per heavy atom. The van der Waals surface area contributed by atoms with Crippen LogP contribution in [0.3, 0.4) is 0 Å². The number of carbonyl (C=O) groups excluding carboxylic acids is 3. The Balaban J connectivity index is 1.51. The van der Waals surface area contributed by atoms with Gasteiger partial charge >= 0.3 is 6.03 Å². The Kier molecular flexibility index (Phi) is 8.83. The summed E-state index contributed by atoms with van der Waals surface area (Å²) in [5.41, 5.74) is 2.49. The van der Waals surface area contributed by atoms with Gasteiger partial charge in [0, 0.05) is 58.2 Å². The van der Waals surface area contributed by atoms with E-state index in [9.17, 15) is 19.6 Å². The number of amides is 3. The molecule has 2 aromatic rings. The number of nitrogens with zero attached hydrogens (tertiary/aromatic N) is 5. The minimum atomic E-state index is -0.450. The van der Waals surface area contributed by atoms with Gasteiger partial charge in [0.05, 0.1) is 17.9 Å². The number of aromatic nitrogens is 2. The topological polar surface area (TPSA) is 150 Å². The maximum absolute atomic E-state index is 13.2. The fourth-order valence-electron chi connectivity index (χ4n) is 4.56. The molecule has 1 fully saturated rings. The molecule has 12 nitrogen and oxygen atoms in total. The van der Waals surface area contributed by atoms with E-state index in [2.05, 4.69) is 26.7 Å². The minimum Gasteiger partial charge on any atom is -0.383 e. The average Bonchev–Trinajstić information content (AvgIpc) is 3.47. The van der Waals surface area contributed by atoms with Crippen molar-refractivity contribution < 1.29 is 23.9 Å². The number of hydrogen-bond donors (Lipinski definition) is 2. The number of urea groups is 1. The lowest BCUT2D eigenvalue weighted by Crippen LogP contribution is -2.40. The SMILES string of the molecule is COCCNc1cc(NC(=O)N2CCCc3cc(CN(C)C(=O)C4CCCO4)c(C=O)nc32)ncc1C#N. The van der Waals surface area contributed by atoms with Crippen LogP contribution in [-0.2, 0) is 27.2 Å². The standard InChI is InChI=1S/C26H31N7O5/c1-32(25(35)22-6-4-9-38-22)15-18-11-17-5-3-8-33(24(17)30-21(18)16-34)26(36)31-23-12-20(28-7-10-37-2)19(13-27)14-29-23/h11-12,14,16,22H,3-10,15H2,1-2H3,(H2,28,29,31,36). The normalized spacial score (nSPS) is 16.3. The summed E-state index contributed by atoms with van der Waals surface area (Å²) in [6.45, 7) is 2.14. The Hall–Kier alpha value is -4.08. The Labute approximate surface area is 220 Å². The maximum Gasteiger partial charge on any atom is 0.328 e. The number of pyridine rings is 2. The van der Waals surface area contributed by atoms with E-state index in [0.29, 0.717) is 74.5 Å². The number of aryl methyl sites for hydroxylation is 1. The van der Waals surface area contributed by atoms with Gasteiger partial charge in [0.15, 0.2) is 6.29 Å². The van der Waals surface area contributed by atoms with Gasteiger partial charge in [-0.25, -0.2) is 14.8 Å². The Bertz CT molecular complexity index is 1240. The van der Waals surface area contributed by atoms with Crippen LogP contribution in [0.1, 0.15) is 46.4 Å². The first-order valence-electron chi connectivity index (χ1n) is 12.5. The highest BCUT2D eigenvalue weighted by Crippen LogP contribution is 2.29. The molecule has 3 amide bonds. The van der Waals surface area contributed by atoms with Gasteiger partial charge in [-0.3, -0.25) is 19.8 Å². The second-order valence-electron chi connectivity index (χ2n) is 9.16. The van der Waals surface area contributed by atoms with Crippen molar-refractivity contribution in [2.45, 2.75) is 38.3 Å². The first kappa shape index (κ1) is 27.0. The van der Waals surface area contributed by atoms with E-state index < -0.39 is 12.1 Å². The zero-order chi connectivity index (χ0) is 27.1. The third-order valence-electron chi connectivity index (χ3n) is 6.50. The van der Waals surface area contributed by atoms with Gasteiger partial charge in [0.2, 0.25) is 0 Å². The zero-order valence-electron chi connectivity index (χ0n) is 21.5. The zero-order valence-corrected chi connectivity index (χ0v) is 21.5. The fraction of sp³-hybridized carbons (Fsp3) is 0.462. The number of anilines is 3. The molecule has 0 bridgehead atoms. The number of nitrogens with one attached hydrogen (secondary N) is 2. The number of methoxy groups -OCH3 is 1. The van der Waals surface area contributed by atoms with Crippen LogP contribution in [0.5, 0.6) is 0 Å². The lowest BCUT2D eigenvalue weighted by atomic mass is 10.0. The molecule has 0 aromatic carbocycles. The molecule has 1 saturated heterocycles. The summed E-state index contributed by atoms with van der Waals surface area (Å²) >= 11 is 0. The van der Waals surface area contributed by atoms with Crippen molar-refractivity contribution in [1.29, 1.82) is 5.26 Å². The molecule has 1 atom stereocenters. The van der Waals surface area contributed by atoms with E-state index in [-0.39, 0.29) is 24.0 Å².